The van der Waals surface area contributed by atoms with E-state index < -0.39 is 23.0 Å². The van der Waals surface area contributed by atoms with Crippen LogP contribution in [0.3, 0.4) is 0 Å². The molecular formula is C24H32N2O6. The van der Waals surface area contributed by atoms with Gasteiger partial charge in [-0.15, -0.1) is 0 Å². The summed E-state index contributed by atoms with van der Waals surface area (Å²) in [5.41, 5.74) is -0.787. The number of amides is 1. The molecule has 1 heterocycles. The summed E-state index contributed by atoms with van der Waals surface area (Å²) >= 11 is 0. The van der Waals surface area contributed by atoms with Crippen LogP contribution >= 0.6 is 0 Å². The first kappa shape index (κ1) is 23.6. The van der Waals surface area contributed by atoms with E-state index in [0.717, 1.165) is 44.1 Å². The number of carbonyl (C=O) groups is 2. The van der Waals surface area contributed by atoms with Gasteiger partial charge in [0.15, 0.2) is 11.5 Å². The van der Waals surface area contributed by atoms with Crippen molar-refractivity contribution in [3.05, 3.63) is 33.6 Å². The van der Waals surface area contributed by atoms with Crippen molar-refractivity contribution in [3.8, 4) is 11.5 Å². The number of carbonyl (C=O) groups excluding carboxylic acids is 1. The molecule has 3 N–H and O–H groups in total. The maximum Gasteiger partial charge on any atom is 0.329 e. The Balaban J connectivity index is 2.00. The molecule has 0 bridgehead atoms. The molecular weight excluding hydrogens is 412 g/mol. The predicted octanol–water partition coefficient (Wildman–Crippen LogP) is 3.93. The Kier molecular flexibility index (Phi) is 7.43. The molecule has 8 nitrogen and oxygen atoms in total. The van der Waals surface area contributed by atoms with E-state index in [1.807, 2.05) is 6.92 Å². The first-order valence-electron chi connectivity index (χ1n) is 11.3. The van der Waals surface area contributed by atoms with Crippen molar-refractivity contribution in [3.63, 3.8) is 0 Å². The summed E-state index contributed by atoms with van der Waals surface area (Å²) in [6.45, 7) is 4.44. The summed E-state index contributed by atoms with van der Waals surface area (Å²) in [6, 6.07) is 3.31. The van der Waals surface area contributed by atoms with E-state index in [1.165, 1.54) is 13.2 Å². The van der Waals surface area contributed by atoms with Crippen molar-refractivity contribution in [1.82, 2.24) is 10.3 Å². The number of H-pyrrole nitrogens is 1. The Morgan fingerprint density at radius 1 is 1.19 bits per heavy atom. The Morgan fingerprint density at radius 2 is 1.91 bits per heavy atom. The van der Waals surface area contributed by atoms with E-state index in [2.05, 4.69) is 17.2 Å². The van der Waals surface area contributed by atoms with Gasteiger partial charge >= 0.3 is 5.97 Å². The van der Waals surface area contributed by atoms with Gasteiger partial charge in [-0.1, -0.05) is 39.0 Å². The van der Waals surface area contributed by atoms with Gasteiger partial charge in [-0.2, -0.15) is 0 Å². The number of fused-ring (bicyclic) bond motifs is 1. The fourth-order valence-corrected chi connectivity index (χ4v) is 4.31. The Bertz CT molecular complexity index is 1050. The molecule has 2 aromatic rings. The fraction of sp³-hybridized carbons (Fsp3) is 0.542. The number of ether oxygens (including phenoxy) is 2. The average Bonchev–Trinajstić information content (AvgIpc) is 2.77. The third-order valence-corrected chi connectivity index (χ3v) is 6.19. The van der Waals surface area contributed by atoms with E-state index in [4.69, 9.17) is 9.47 Å². The monoisotopic (exact) mass is 444 g/mol. The maximum absolute atomic E-state index is 13.0. The maximum atomic E-state index is 13.0. The zero-order valence-corrected chi connectivity index (χ0v) is 19.0. The largest absolute Gasteiger partial charge is 0.493 e. The van der Waals surface area contributed by atoms with E-state index in [1.54, 1.807) is 6.07 Å². The molecule has 0 saturated heterocycles. The van der Waals surface area contributed by atoms with E-state index in [-0.39, 0.29) is 5.56 Å². The summed E-state index contributed by atoms with van der Waals surface area (Å²) < 4.78 is 11.4. The highest BCUT2D eigenvalue weighted by Crippen LogP contribution is 2.37. The molecule has 0 atom stereocenters. The van der Waals surface area contributed by atoms with Crippen LogP contribution in [0.2, 0.25) is 0 Å². The fourth-order valence-electron chi connectivity index (χ4n) is 4.31. The molecule has 174 valence electrons. The molecule has 0 radical (unpaired) electrons. The summed E-state index contributed by atoms with van der Waals surface area (Å²) in [4.78, 5) is 40.6. The number of aliphatic carboxylic acids is 1. The van der Waals surface area contributed by atoms with Crippen molar-refractivity contribution in [1.29, 1.82) is 0 Å². The highest BCUT2D eigenvalue weighted by molar-refractivity contribution is 6.01. The molecule has 1 saturated carbocycles. The highest BCUT2D eigenvalue weighted by atomic mass is 16.5. The third kappa shape index (κ3) is 4.74. The molecule has 3 rings (SSSR count). The van der Waals surface area contributed by atoms with Crippen molar-refractivity contribution < 1.29 is 24.2 Å². The number of methoxy groups -OCH3 is 1. The van der Waals surface area contributed by atoms with Gasteiger partial charge in [0.25, 0.3) is 11.5 Å². The van der Waals surface area contributed by atoms with Crippen molar-refractivity contribution in [2.75, 3.05) is 13.7 Å². The van der Waals surface area contributed by atoms with Crippen molar-refractivity contribution >= 4 is 22.8 Å². The molecule has 0 unspecified atom stereocenters. The first-order chi connectivity index (χ1) is 15.3. The van der Waals surface area contributed by atoms with Crippen molar-refractivity contribution in [2.24, 2.45) is 0 Å². The first-order valence-corrected chi connectivity index (χ1v) is 11.3. The second-order valence-electron chi connectivity index (χ2n) is 8.48. The smallest absolute Gasteiger partial charge is 0.329 e. The van der Waals surface area contributed by atoms with Gasteiger partial charge in [0.2, 0.25) is 0 Å². The number of nitrogens with one attached hydrogen (secondary N) is 2. The number of carboxylic acid groups (broad SMARTS) is 1. The number of aryl methyl sites for hydroxylation is 1. The van der Waals surface area contributed by atoms with Gasteiger partial charge < -0.3 is 24.9 Å². The van der Waals surface area contributed by atoms with Gasteiger partial charge in [-0.25, -0.2) is 4.79 Å². The number of aromatic amines is 1. The number of hydrogen-bond donors (Lipinski definition) is 3. The Labute approximate surface area is 187 Å². The van der Waals surface area contributed by atoms with Crippen LogP contribution in [0.15, 0.2) is 16.9 Å². The summed E-state index contributed by atoms with van der Waals surface area (Å²) in [6.07, 6.45) is 6.04. The molecule has 1 aromatic heterocycles. The third-order valence-electron chi connectivity index (χ3n) is 6.19. The SMILES string of the molecule is CCCCCOc1c(OC)cc(C)c2cc(C(=O)NC3(C(=O)O)CCCCC3)c(=O)[nH]c12. The minimum Gasteiger partial charge on any atom is -0.493 e. The van der Waals surface area contributed by atoms with Gasteiger partial charge in [0.05, 0.1) is 19.2 Å². The van der Waals surface area contributed by atoms with E-state index in [0.29, 0.717) is 41.9 Å². The topological polar surface area (TPSA) is 118 Å². The van der Waals surface area contributed by atoms with Crippen LogP contribution in [0.25, 0.3) is 10.9 Å². The highest BCUT2D eigenvalue weighted by Gasteiger charge is 2.41. The lowest BCUT2D eigenvalue weighted by Gasteiger charge is -2.33. The molecule has 1 fully saturated rings. The Morgan fingerprint density at radius 3 is 2.53 bits per heavy atom. The lowest BCUT2D eigenvalue weighted by molar-refractivity contribution is -0.145. The van der Waals surface area contributed by atoms with Crippen LogP contribution < -0.4 is 20.3 Å². The number of carboxylic acids is 1. The molecule has 1 aliphatic rings. The molecule has 0 aliphatic heterocycles. The molecule has 1 aliphatic carbocycles. The van der Waals surface area contributed by atoms with Gasteiger partial charge in [0, 0.05) is 5.39 Å². The minimum absolute atomic E-state index is 0.117. The molecule has 1 aromatic carbocycles. The summed E-state index contributed by atoms with van der Waals surface area (Å²) in [7, 11) is 1.54. The van der Waals surface area contributed by atoms with Crippen LogP contribution in [0, 0.1) is 6.92 Å². The second-order valence-corrected chi connectivity index (χ2v) is 8.48. The van der Waals surface area contributed by atoms with Crippen LogP contribution in [0.5, 0.6) is 11.5 Å². The van der Waals surface area contributed by atoms with Crippen LogP contribution in [0.1, 0.15) is 74.2 Å². The molecule has 1 amide bonds. The molecule has 32 heavy (non-hydrogen) atoms. The van der Waals surface area contributed by atoms with Crippen LogP contribution in [-0.4, -0.2) is 41.2 Å². The number of pyridine rings is 1. The normalized spacial score (nSPS) is 15.3. The quantitative estimate of drug-likeness (QED) is 0.505. The van der Waals surface area contributed by atoms with E-state index >= 15 is 0 Å². The summed E-state index contributed by atoms with van der Waals surface area (Å²) in [5.74, 6) is -0.807. The van der Waals surface area contributed by atoms with Crippen LogP contribution in [0.4, 0.5) is 0 Å². The molecule has 8 heteroatoms. The number of benzene rings is 1. The van der Waals surface area contributed by atoms with Gasteiger partial charge in [-0.3, -0.25) is 9.59 Å². The molecule has 0 spiro atoms. The van der Waals surface area contributed by atoms with Crippen molar-refractivity contribution in [2.45, 2.75) is 70.8 Å². The Hall–Kier alpha value is -3.03. The minimum atomic E-state index is -1.33. The predicted molar refractivity (Wildman–Crippen MR) is 122 cm³/mol. The number of hydrogen-bond acceptors (Lipinski definition) is 5. The van der Waals surface area contributed by atoms with Gasteiger partial charge in [-0.05, 0) is 43.9 Å². The number of rotatable bonds is 9. The lowest BCUT2D eigenvalue weighted by atomic mass is 9.81. The second kappa shape index (κ2) is 10.1. The van der Waals surface area contributed by atoms with Gasteiger partial charge in [0.1, 0.15) is 11.1 Å². The summed E-state index contributed by atoms with van der Waals surface area (Å²) in [5, 5.41) is 13.0. The number of unbranched alkanes of at least 4 members (excludes halogenated alkanes) is 2. The zero-order valence-electron chi connectivity index (χ0n) is 19.0. The van der Waals surface area contributed by atoms with Crippen LogP contribution in [-0.2, 0) is 4.79 Å². The zero-order chi connectivity index (χ0) is 23.3. The average molecular weight is 445 g/mol. The van der Waals surface area contributed by atoms with E-state index in [9.17, 15) is 19.5 Å². The lowest BCUT2D eigenvalue weighted by Crippen LogP contribution is -2.56. The standard InChI is InChI=1S/C24H32N2O6/c1-4-5-9-12-32-20-18(31-3)13-15(2)16-14-17(21(27)25-19(16)20)22(28)26-24(23(29)30)10-7-6-8-11-24/h13-14H,4-12H2,1-3H3,(H,25,27)(H,26,28)(H,29,30). The number of aromatic nitrogens is 1.